The lowest BCUT2D eigenvalue weighted by molar-refractivity contribution is 0.0904. The summed E-state index contributed by atoms with van der Waals surface area (Å²) in [6.45, 7) is 13.0. The van der Waals surface area contributed by atoms with E-state index in [-0.39, 0.29) is 24.4 Å². The second-order valence-electron chi connectivity index (χ2n) is 14.5. The summed E-state index contributed by atoms with van der Waals surface area (Å²) in [5.41, 5.74) is 8.60. The molecule has 0 spiro atoms. The number of aryl methyl sites for hydroxylation is 2. The van der Waals surface area contributed by atoms with Crippen molar-refractivity contribution in [3.63, 3.8) is 0 Å². The Labute approximate surface area is 328 Å². The number of aromatic nitrogens is 3. The van der Waals surface area contributed by atoms with E-state index in [0.717, 1.165) is 83.7 Å². The van der Waals surface area contributed by atoms with Gasteiger partial charge in [-0.05, 0) is 86.2 Å². The lowest BCUT2D eigenvalue weighted by Gasteiger charge is -2.31. The fourth-order valence-electron chi connectivity index (χ4n) is 7.61. The maximum Gasteiger partial charge on any atom is 0.251 e. The third-order valence-electron chi connectivity index (χ3n) is 10.6. The smallest absolute Gasteiger partial charge is 0.251 e. The number of nitrogens with one attached hydrogen (secondary N) is 4. The number of fused-ring (bicyclic) bond motifs is 1. The van der Waals surface area contributed by atoms with Crippen molar-refractivity contribution in [3.8, 4) is 11.1 Å². The average Bonchev–Trinajstić information content (AvgIpc) is 3.63. The Balaban J connectivity index is 1.02. The Morgan fingerprint density at radius 3 is 2.45 bits per heavy atom. The van der Waals surface area contributed by atoms with E-state index in [2.05, 4.69) is 76.3 Å². The van der Waals surface area contributed by atoms with Gasteiger partial charge in [0.15, 0.2) is 5.65 Å². The highest BCUT2D eigenvalue weighted by molar-refractivity contribution is 6.33. The molecule has 1 atom stereocenters. The van der Waals surface area contributed by atoms with E-state index in [4.69, 9.17) is 21.3 Å². The van der Waals surface area contributed by atoms with Gasteiger partial charge in [0.05, 0.1) is 17.3 Å². The summed E-state index contributed by atoms with van der Waals surface area (Å²) >= 11 is 6.71. The standard InChI is InChI=1S/C43H51ClN8O3/c1-4-39-36(40(49-34-14-18-55-19-15-34)37-25-48-52(5-2)41(37)50-39)24-47-43(54)33-11-7-10-32(22-33)42(53)46-23-29-12-13-38(44)35(21-29)31-9-6-8-30(20-31)27-51-17-16-45-28(3)26-51/h6-13,20-22,25,28,34,45H,4-5,14-19,23-24,26-27H2,1-3H3,(H,46,53)(H,47,54)(H,49,50). The summed E-state index contributed by atoms with van der Waals surface area (Å²) in [6.07, 6.45) is 4.36. The number of benzene rings is 3. The number of nitrogens with zero attached hydrogens (tertiary/aromatic N) is 4. The van der Waals surface area contributed by atoms with Gasteiger partial charge in [0.25, 0.3) is 11.8 Å². The second-order valence-corrected chi connectivity index (χ2v) is 15.0. The molecule has 3 aromatic carbocycles. The molecule has 0 radical (unpaired) electrons. The molecule has 2 fully saturated rings. The van der Waals surface area contributed by atoms with Crippen LogP contribution in [-0.2, 0) is 37.3 Å². The zero-order chi connectivity index (χ0) is 38.3. The molecule has 7 rings (SSSR count). The number of carbonyl (C=O) groups excluding carboxylic acids is 2. The van der Waals surface area contributed by atoms with Gasteiger partial charge in [0.1, 0.15) is 0 Å². The monoisotopic (exact) mass is 762 g/mol. The summed E-state index contributed by atoms with van der Waals surface area (Å²) in [5, 5.41) is 19.6. The van der Waals surface area contributed by atoms with Crippen molar-refractivity contribution in [2.24, 2.45) is 0 Å². The van der Waals surface area contributed by atoms with Crippen molar-refractivity contribution in [2.75, 3.05) is 38.2 Å². The number of ether oxygens (including phenoxy) is 1. The van der Waals surface area contributed by atoms with Gasteiger partial charge in [0.2, 0.25) is 0 Å². The molecule has 2 aliphatic rings. The van der Waals surface area contributed by atoms with Gasteiger partial charge < -0.3 is 26.0 Å². The van der Waals surface area contributed by atoms with Crippen LogP contribution in [0.3, 0.4) is 0 Å². The van der Waals surface area contributed by atoms with E-state index in [1.807, 2.05) is 29.1 Å². The molecular weight excluding hydrogens is 712 g/mol. The summed E-state index contributed by atoms with van der Waals surface area (Å²) < 4.78 is 7.51. The molecule has 0 bridgehead atoms. The molecule has 1 unspecified atom stereocenters. The van der Waals surface area contributed by atoms with Crippen LogP contribution >= 0.6 is 11.6 Å². The van der Waals surface area contributed by atoms with Crippen molar-refractivity contribution >= 4 is 40.1 Å². The van der Waals surface area contributed by atoms with E-state index in [1.165, 1.54) is 5.56 Å². The Hall–Kier alpha value is -4.81. The number of amides is 2. The van der Waals surface area contributed by atoms with Crippen LogP contribution in [0.4, 0.5) is 5.69 Å². The summed E-state index contributed by atoms with van der Waals surface area (Å²) in [4.78, 5) is 34.5. The van der Waals surface area contributed by atoms with Crippen molar-refractivity contribution in [2.45, 2.75) is 78.3 Å². The molecule has 11 nitrogen and oxygen atoms in total. The number of carbonyl (C=O) groups is 2. The predicted octanol–water partition coefficient (Wildman–Crippen LogP) is 6.58. The number of hydrogen-bond donors (Lipinski definition) is 4. The number of pyridine rings is 1. The molecule has 4 heterocycles. The van der Waals surface area contributed by atoms with E-state index in [9.17, 15) is 9.59 Å². The minimum absolute atomic E-state index is 0.251. The van der Waals surface area contributed by atoms with Crippen LogP contribution in [0.25, 0.3) is 22.2 Å². The van der Waals surface area contributed by atoms with E-state index < -0.39 is 0 Å². The van der Waals surface area contributed by atoms with Gasteiger partial charge in [0, 0.05) is 104 Å². The van der Waals surface area contributed by atoms with Crippen LogP contribution in [0.15, 0.2) is 72.9 Å². The van der Waals surface area contributed by atoms with E-state index >= 15 is 0 Å². The Kier molecular flexibility index (Phi) is 12.4. The number of piperazine rings is 1. The molecule has 0 aliphatic carbocycles. The van der Waals surface area contributed by atoms with Gasteiger partial charge in [-0.2, -0.15) is 5.10 Å². The third kappa shape index (κ3) is 9.19. The Morgan fingerprint density at radius 2 is 1.71 bits per heavy atom. The summed E-state index contributed by atoms with van der Waals surface area (Å²) in [7, 11) is 0. The van der Waals surface area contributed by atoms with Crippen molar-refractivity contribution in [1.82, 2.24) is 35.6 Å². The molecule has 2 aromatic heterocycles. The molecule has 55 heavy (non-hydrogen) atoms. The minimum atomic E-state index is -0.269. The quantitative estimate of drug-likeness (QED) is 0.106. The Morgan fingerprint density at radius 1 is 0.945 bits per heavy atom. The van der Waals surface area contributed by atoms with E-state index in [1.54, 1.807) is 24.3 Å². The topological polar surface area (TPSA) is 125 Å². The molecular formula is C43H51ClN8O3. The van der Waals surface area contributed by atoms with Crippen molar-refractivity contribution in [3.05, 3.63) is 111 Å². The van der Waals surface area contributed by atoms with Crippen LogP contribution < -0.4 is 21.3 Å². The van der Waals surface area contributed by atoms with Crippen molar-refractivity contribution in [1.29, 1.82) is 0 Å². The number of halogens is 1. The van der Waals surface area contributed by atoms with Crippen molar-refractivity contribution < 1.29 is 14.3 Å². The molecule has 2 amide bonds. The van der Waals surface area contributed by atoms with E-state index in [0.29, 0.717) is 54.9 Å². The zero-order valence-electron chi connectivity index (χ0n) is 32.0. The van der Waals surface area contributed by atoms with Gasteiger partial charge in [-0.3, -0.25) is 14.5 Å². The first kappa shape index (κ1) is 38.5. The zero-order valence-corrected chi connectivity index (χ0v) is 32.7. The third-order valence-corrected chi connectivity index (χ3v) is 10.9. The lowest BCUT2D eigenvalue weighted by Crippen LogP contribution is -2.48. The number of hydrogen-bond acceptors (Lipinski definition) is 8. The second kappa shape index (κ2) is 17.8. The molecule has 4 N–H and O–H groups in total. The fourth-order valence-corrected chi connectivity index (χ4v) is 7.84. The highest BCUT2D eigenvalue weighted by Crippen LogP contribution is 2.32. The number of anilines is 1. The largest absolute Gasteiger partial charge is 0.381 e. The normalized spacial score (nSPS) is 16.6. The maximum atomic E-state index is 13.6. The van der Waals surface area contributed by atoms with Gasteiger partial charge in [-0.25, -0.2) is 9.67 Å². The first-order valence-electron chi connectivity index (χ1n) is 19.5. The van der Waals surface area contributed by atoms with Gasteiger partial charge in [-0.15, -0.1) is 0 Å². The van der Waals surface area contributed by atoms with Crippen LogP contribution in [0.5, 0.6) is 0 Å². The minimum Gasteiger partial charge on any atom is -0.381 e. The molecule has 12 heteroatoms. The fraction of sp³-hybridized carbons (Fsp3) is 0.395. The van der Waals surface area contributed by atoms with Gasteiger partial charge >= 0.3 is 0 Å². The van der Waals surface area contributed by atoms with Crippen LogP contribution in [0, 0.1) is 0 Å². The highest BCUT2D eigenvalue weighted by Gasteiger charge is 2.23. The van der Waals surface area contributed by atoms with Crippen LogP contribution in [0.1, 0.15) is 76.7 Å². The molecule has 2 saturated heterocycles. The molecule has 5 aromatic rings. The Bertz CT molecular complexity index is 2150. The lowest BCUT2D eigenvalue weighted by atomic mass is 10.0. The SMILES string of the molecule is CCc1nc2c(cnn2CC)c(NC2CCOCC2)c1CNC(=O)c1cccc(C(=O)NCc2ccc(Cl)c(-c3cccc(CN4CCNC(C)C4)c3)c2)c1. The maximum absolute atomic E-state index is 13.6. The van der Waals surface area contributed by atoms with Crippen LogP contribution in [-0.4, -0.2) is 76.4 Å². The average molecular weight is 763 g/mol. The molecule has 2 aliphatic heterocycles. The molecule has 288 valence electrons. The number of rotatable bonds is 13. The highest BCUT2D eigenvalue weighted by atomic mass is 35.5. The molecule has 0 saturated carbocycles. The summed E-state index contributed by atoms with van der Waals surface area (Å²) in [5.74, 6) is -0.536. The predicted molar refractivity (Wildman–Crippen MR) is 218 cm³/mol. The first-order valence-corrected chi connectivity index (χ1v) is 19.9. The first-order chi connectivity index (χ1) is 26.8. The summed E-state index contributed by atoms with van der Waals surface area (Å²) in [6, 6.07) is 21.9. The van der Waals surface area contributed by atoms with Gasteiger partial charge in [-0.1, -0.05) is 48.9 Å². The van der Waals surface area contributed by atoms with Crippen LogP contribution in [0.2, 0.25) is 5.02 Å².